The van der Waals surface area contributed by atoms with Crippen molar-refractivity contribution in [2.45, 2.75) is 44.6 Å². The quantitative estimate of drug-likeness (QED) is 0.886. The molecule has 0 saturated carbocycles. The van der Waals surface area contributed by atoms with E-state index in [1.807, 2.05) is 32.9 Å². The molecular formula is C14H22N2O2S. The first-order valence-corrected chi connectivity index (χ1v) is 8.19. The fourth-order valence-electron chi connectivity index (χ4n) is 2.82. The molecule has 1 saturated heterocycles. The minimum Gasteiger partial charge on any atom is -0.315 e. The Balaban J connectivity index is 2.29. The van der Waals surface area contributed by atoms with E-state index in [4.69, 9.17) is 0 Å². The number of rotatable bonds is 3. The molecule has 0 amide bonds. The van der Waals surface area contributed by atoms with Crippen LogP contribution < -0.4 is 10.0 Å². The maximum absolute atomic E-state index is 12.5. The molecule has 0 spiro atoms. The largest absolute Gasteiger partial charge is 0.315 e. The summed E-state index contributed by atoms with van der Waals surface area (Å²) in [7, 11) is -3.43. The van der Waals surface area contributed by atoms with E-state index in [2.05, 4.69) is 10.0 Å². The highest BCUT2D eigenvalue weighted by atomic mass is 32.2. The van der Waals surface area contributed by atoms with Crippen molar-refractivity contribution in [3.63, 3.8) is 0 Å². The minimum atomic E-state index is -3.43. The molecule has 2 N–H and O–H groups in total. The van der Waals surface area contributed by atoms with Gasteiger partial charge in [0.25, 0.3) is 0 Å². The zero-order valence-electron chi connectivity index (χ0n) is 11.8. The van der Waals surface area contributed by atoms with Crippen LogP contribution >= 0.6 is 0 Å². The lowest BCUT2D eigenvalue weighted by atomic mass is 10.1. The molecule has 5 heteroatoms. The van der Waals surface area contributed by atoms with Crippen molar-refractivity contribution in [2.24, 2.45) is 0 Å². The fourth-order valence-corrected chi connectivity index (χ4v) is 4.54. The van der Waals surface area contributed by atoms with Crippen molar-refractivity contribution in [2.75, 3.05) is 13.1 Å². The molecule has 106 valence electrons. The second-order valence-corrected chi connectivity index (χ2v) is 7.04. The molecule has 1 heterocycles. The average Bonchev–Trinajstić information content (AvgIpc) is 2.27. The van der Waals surface area contributed by atoms with Crippen molar-refractivity contribution in [1.29, 1.82) is 0 Å². The summed E-state index contributed by atoms with van der Waals surface area (Å²) in [5, 5.41) is 3.22. The van der Waals surface area contributed by atoms with Gasteiger partial charge in [0.05, 0.1) is 4.90 Å². The number of benzene rings is 1. The molecule has 0 bridgehead atoms. The monoisotopic (exact) mass is 282 g/mol. The van der Waals surface area contributed by atoms with Gasteiger partial charge in [0, 0.05) is 12.6 Å². The van der Waals surface area contributed by atoms with Gasteiger partial charge in [0.1, 0.15) is 0 Å². The Labute approximate surface area is 115 Å². The van der Waals surface area contributed by atoms with Crippen LogP contribution in [0.15, 0.2) is 17.0 Å². The highest BCUT2D eigenvalue weighted by Gasteiger charge is 2.24. The fraction of sp³-hybridized carbons (Fsp3) is 0.571. The van der Waals surface area contributed by atoms with Gasteiger partial charge in [-0.1, -0.05) is 17.7 Å². The number of hydrogen-bond donors (Lipinski definition) is 2. The predicted molar refractivity (Wildman–Crippen MR) is 76.9 cm³/mol. The van der Waals surface area contributed by atoms with Crippen LogP contribution in [0.4, 0.5) is 0 Å². The Bertz CT molecular complexity index is 538. The summed E-state index contributed by atoms with van der Waals surface area (Å²) in [6, 6.07) is 3.83. The van der Waals surface area contributed by atoms with E-state index in [1.54, 1.807) is 0 Å². The number of hydrogen-bond acceptors (Lipinski definition) is 3. The second-order valence-electron chi connectivity index (χ2n) is 5.39. The van der Waals surface area contributed by atoms with Gasteiger partial charge in [0.2, 0.25) is 10.0 Å². The number of nitrogens with one attached hydrogen (secondary N) is 2. The number of piperidine rings is 1. The third-order valence-corrected chi connectivity index (χ3v) is 5.32. The highest BCUT2D eigenvalue weighted by molar-refractivity contribution is 7.89. The Kier molecular flexibility index (Phi) is 4.28. The Morgan fingerprint density at radius 3 is 2.37 bits per heavy atom. The first-order valence-electron chi connectivity index (χ1n) is 6.71. The van der Waals surface area contributed by atoms with Crippen molar-refractivity contribution < 1.29 is 8.42 Å². The zero-order valence-corrected chi connectivity index (χ0v) is 12.6. The maximum atomic E-state index is 12.5. The lowest BCUT2D eigenvalue weighted by Gasteiger charge is -2.24. The molecule has 0 aliphatic carbocycles. The van der Waals surface area contributed by atoms with Crippen molar-refractivity contribution in [3.8, 4) is 0 Å². The van der Waals surface area contributed by atoms with Gasteiger partial charge in [-0.25, -0.2) is 13.1 Å². The molecule has 1 atom stereocenters. The van der Waals surface area contributed by atoms with Crippen molar-refractivity contribution >= 4 is 10.0 Å². The molecule has 2 rings (SSSR count). The number of aryl methyl sites for hydroxylation is 3. The van der Waals surface area contributed by atoms with E-state index in [0.29, 0.717) is 11.4 Å². The first-order chi connectivity index (χ1) is 8.90. The van der Waals surface area contributed by atoms with Gasteiger partial charge in [0.15, 0.2) is 0 Å². The van der Waals surface area contributed by atoms with E-state index < -0.39 is 10.0 Å². The SMILES string of the molecule is Cc1cc(C)c(S(=O)(=O)N[C@H]2CCCNC2)c(C)c1. The highest BCUT2D eigenvalue weighted by Crippen LogP contribution is 2.22. The van der Waals surface area contributed by atoms with Crippen LogP contribution in [0, 0.1) is 20.8 Å². The minimum absolute atomic E-state index is 0.00106. The summed E-state index contributed by atoms with van der Waals surface area (Å²) in [6.07, 6.45) is 1.91. The van der Waals surface area contributed by atoms with Crippen LogP contribution in [0.5, 0.6) is 0 Å². The Morgan fingerprint density at radius 1 is 1.21 bits per heavy atom. The van der Waals surface area contributed by atoms with Gasteiger partial charge in [-0.15, -0.1) is 0 Å². The molecular weight excluding hydrogens is 260 g/mol. The third kappa shape index (κ3) is 3.35. The summed E-state index contributed by atoms with van der Waals surface area (Å²) in [5.41, 5.74) is 2.72. The normalized spacial score (nSPS) is 20.5. The van der Waals surface area contributed by atoms with Crippen LogP contribution in [0.2, 0.25) is 0 Å². The summed E-state index contributed by atoms with van der Waals surface area (Å²) < 4.78 is 27.9. The standard InChI is InChI=1S/C14H22N2O2S/c1-10-7-11(2)14(12(3)8-10)19(17,18)16-13-5-4-6-15-9-13/h7-8,13,15-16H,4-6,9H2,1-3H3/t13-/m0/s1. The van der Waals surface area contributed by atoms with Crippen LogP contribution in [0.1, 0.15) is 29.5 Å². The Morgan fingerprint density at radius 2 is 1.84 bits per heavy atom. The molecule has 1 aromatic carbocycles. The molecule has 1 fully saturated rings. The van der Waals surface area contributed by atoms with Crippen LogP contribution in [-0.4, -0.2) is 27.5 Å². The van der Waals surface area contributed by atoms with Crippen LogP contribution in [0.3, 0.4) is 0 Å². The molecule has 1 aliphatic rings. The smallest absolute Gasteiger partial charge is 0.241 e. The van der Waals surface area contributed by atoms with Gasteiger partial charge in [-0.3, -0.25) is 0 Å². The second kappa shape index (κ2) is 5.61. The van der Waals surface area contributed by atoms with Gasteiger partial charge in [-0.2, -0.15) is 0 Å². The van der Waals surface area contributed by atoms with E-state index >= 15 is 0 Å². The molecule has 0 unspecified atom stereocenters. The van der Waals surface area contributed by atoms with E-state index in [-0.39, 0.29) is 6.04 Å². The topological polar surface area (TPSA) is 58.2 Å². The van der Waals surface area contributed by atoms with Crippen LogP contribution in [-0.2, 0) is 10.0 Å². The Hall–Kier alpha value is -0.910. The first kappa shape index (κ1) is 14.5. The lowest BCUT2D eigenvalue weighted by Crippen LogP contribution is -2.45. The summed E-state index contributed by atoms with van der Waals surface area (Å²) in [5.74, 6) is 0. The van der Waals surface area contributed by atoms with E-state index in [0.717, 1.165) is 36.1 Å². The molecule has 4 nitrogen and oxygen atoms in total. The summed E-state index contributed by atoms with van der Waals surface area (Å²) in [6.45, 7) is 7.38. The van der Waals surface area contributed by atoms with Gasteiger partial charge >= 0.3 is 0 Å². The van der Waals surface area contributed by atoms with E-state index in [1.165, 1.54) is 0 Å². The molecule has 1 aliphatic heterocycles. The lowest BCUT2D eigenvalue weighted by molar-refractivity contribution is 0.428. The predicted octanol–water partition coefficient (Wildman–Crippen LogP) is 1.64. The van der Waals surface area contributed by atoms with Crippen molar-refractivity contribution in [3.05, 3.63) is 28.8 Å². The summed E-state index contributed by atoms with van der Waals surface area (Å²) in [4.78, 5) is 0.434. The number of sulfonamides is 1. The van der Waals surface area contributed by atoms with Crippen molar-refractivity contribution in [1.82, 2.24) is 10.0 Å². The maximum Gasteiger partial charge on any atom is 0.241 e. The zero-order chi connectivity index (χ0) is 14.0. The van der Waals surface area contributed by atoms with Gasteiger partial charge < -0.3 is 5.32 Å². The third-order valence-electron chi connectivity index (χ3n) is 3.49. The molecule has 0 aromatic heterocycles. The molecule has 19 heavy (non-hydrogen) atoms. The van der Waals surface area contributed by atoms with Gasteiger partial charge in [-0.05, 0) is 51.3 Å². The molecule has 1 aromatic rings. The average molecular weight is 282 g/mol. The molecule has 0 radical (unpaired) electrons. The summed E-state index contributed by atoms with van der Waals surface area (Å²) >= 11 is 0. The van der Waals surface area contributed by atoms with Crippen LogP contribution in [0.25, 0.3) is 0 Å². The van der Waals surface area contributed by atoms with E-state index in [9.17, 15) is 8.42 Å².